The SMILES string of the molecule is COc1ccc(-c2noc(CCC(=O)NCC(c3ccc(OC)cc3)N3CCCC3)n2)cc1. The van der Waals surface area contributed by atoms with Gasteiger partial charge in [-0.2, -0.15) is 4.98 Å². The van der Waals surface area contributed by atoms with Crippen molar-refractivity contribution in [1.29, 1.82) is 0 Å². The molecule has 1 saturated heterocycles. The molecule has 0 aliphatic carbocycles. The summed E-state index contributed by atoms with van der Waals surface area (Å²) in [6.45, 7) is 2.65. The molecule has 1 amide bonds. The van der Waals surface area contributed by atoms with E-state index in [-0.39, 0.29) is 11.9 Å². The number of methoxy groups -OCH3 is 2. The number of ether oxygens (including phenoxy) is 2. The lowest BCUT2D eigenvalue weighted by Gasteiger charge is -2.28. The zero-order valence-corrected chi connectivity index (χ0v) is 19.1. The second kappa shape index (κ2) is 11.0. The normalized spacial score (nSPS) is 14.7. The molecule has 1 aliphatic rings. The molecule has 174 valence electrons. The Hall–Kier alpha value is -3.39. The van der Waals surface area contributed by atoms with Crippen molar-refractivity contribution in [2.45, 2.75) is 31.7 Å². The summed E-state index contributed by atoms with van der Waals surface area (Å²) in [5.74, 6) is 2.51. The molecule has 8 heteroatoms. The molecule has 0 radical (unpaired) electrons. The number of nitrogens with one attached hydrogen (secondary N) is 1. The first-order valence-corrected chi connectivity index (χ1v) is 11.3. The van der Waals surface area contributed by atoms with E-state index in [1.807, 2.05) is 36.4 Å². The van der Waals surface area contributed by atoms with Crippen molar-refractivity contribution < 1.29 is 18.8 Å². The number of hydrogen-bond donors (Lipinski definition) is 1. The molecule has 1 unspecified atom stereocenters. The van der Waals surface area contributed by atoms with Gasteiger partial charge in [-0.25, -0.2) is 0 Å². The Morgan fingerprint density at radius 1 is 1.03 bits per heavy atom. The van der Waals surface area contributed by atoms with Crippen LogP contribution in [0.25, 0.3) is 11.4 Å². The maximum Gasteiger partial charge on any atom is 0.227 e. The van der Waals surface area contributed by atoms with E-state index in [2.05, 4.69) is 32.5 Å². The molecule has 2 heterocycles. The van der Waals surface area contributed by atoms with E-state index >= 15 is 0 Å². The van der Waals surface area contributed by atoms with Crippen LogP contribution in [0.15, 0.2) is 53.1 Å². The van der Waals surface area contributed by atoms with Crippen LogP contribution in [0.2, 0.25) is 0 Å². The molecule has 1 aliphatic heterocycles. The largest absolute Gasteiger partial charge is 0.497 e. The quantitative estimate of drug-likeness (QED) is 0.504. The number of carbonyl (C=O) groups excluding carboxylic acids is 1. The molecule has 4 rings (SSSR count). The van der Waals surface area contributed by atoms with Crippen LogP contribution in [-0.2, 0) is 11.2 Å². The molecular weight excluding hydrogens is 420 g/mol. The molecule has 1 fully saturated rings. The van der Waals surface area contributed by atoms with Gasteiger partial charge in [0, 0.05) is 24.9 Å². The monoisotopic (exact) mass is 450 g/mol. The van der Waals surface area contributed by atoms with Crippen LogP contribution in [0, 0.1) is 0 Å². The van der Waals surface area contributed by atoms with Gasteiger partial charge in [-0.15, -0.1) is 0 Å². The standard InChI is InChI=1S/C25H30N4O4/c1-31-20-9-5-18(6-10-20)22(29-15-3-4-16-29)17-26-23(30)13-14-24-27-25(28-33-24)19-7-11-21(32-2)12-8-19/h5-12,22H,3-4,13-17H2,1-2H3,(H,26,30). The minimum Gasteiger partial charge on any atom is -0.497 e. The Labute approximate surface area is 193 Å². The number of aromatic nitrogens is 2. The van der Waals surface area contributed by atoms with E-state index in [1.54, 1.807) is 14.2 Å². The summed E-state index contributed by atoms with van der Waals surface area (Å²) in [7, 11) is 3.29. The predicted molar refractivity (Wildman–Crippen MR) is 124 cm³/mol. The van der Waals surface area contributed by atoms with Gasteiger partial charge < -0.3 is 19.3 Å². The van der Waals surface area contributed by atoms with E-state index in [4.69, 9.17) is 14.0 Å². The van der Waals surface area contributed by atoms with Gasteiger partial charge in [0.2, 0.25) is 17.6 Å². The Balaban J connectivity index is 1.31. The lowest BCUT2D eigenvalue weighted by molar-refractivity contribution is -0.121. The fraction of sp³-hybridized carbons (Fsp3) is 0.400. The lowest BCUT2D eigenvalue weighted by Crippen LogP contribution is -2.36. The third-order valence-electron chi connectivity index (χ3n) is 5.96. The molecular formula is C25H30N4O4. The first kappa shape index (κ1) is 22.8. The van der Waals surface area contributed by atoms with Gasteiger partial charge in [-0.1, -0.05) is 17.3 Å². The number of likely N-dealkylation sites (tertiary alicyclic amines) is 1. The topological polar surface area (TPSA) is 89.7 Å². The van der Waals surface area contributed by atoms with E-state index in [1.165, 1.54) is 18.4 Å². The van der Waals surface area contributed by atoms with Gasteiger partial charge in [0.1, 0.15) is 11.5 Å². The Kier molecular flexibility index (Phi) is 7.57. The van der Waals surface area contributed by atoms with Crippen LogP contribution in [-0.4, -0.2) is 54.8 Å². The highest BCUT2D eigenvalue weighted by molar-refractivity contribution is 5.76. The number of benzene rings is 2. The molecule has 33 heavy (non-hydrogen) atoms. The third kappa shape index (κ3) is 5.90. The van der Waals surface area contributed by atoms with Crippen molar-refractivity contribution >= 4 is 5.91 Å². The molecule has 0 spiro atoms. The highest BCUT2D eigenvalue weighted by Crippen LogP contribution is 2.26. The zero-order valence-electron chi connectivity index (χ0n) is 19.1. The first-order valence-electron chi connectivity index (χ1n) is 11.3. The number of carbonyl (C=O) groups is 1. The second-order valence-corrected chi connectivity index (χ2v) is 8.08. The van der Waals surface area contributed by atoms with Crippen LogP contribution in [0.5, 0.6) is 11.5 Å². The van der Waals surface area contributed by atoms with Crippen molar-refractivity contribution in [2.75, 3.05) is 33.9 Å². The maximum absolute atomic E-state index is 12.6. The summed E-state index contributed by atoms with van der Waals surface area (Å²) in [4.78, 5) is 19.4. The second-order valence-electron chi connectivity index (χ2n) is 8.08. The molecule has 2 aromatic carbocycles. The van der Waals surface area contributed by atoms with Crippen molar-refractivity contribution in [3.63, 3.8) is 0 Å². The van der Waals surface area contributed by atoms with E-state index < -0.39 is 0 Å². The van der Waals surface area contributed by atoms with Crippen LogP contribution < -0.4 is 14.8 Å². The van der Waals surface area contributed by atoms with Crippen molar-refractivity contribution in [1.82, 2.24) is 20.4 Å². The van der Waals surface area contributed by atoms with Crippen LogP contribution in [0.4, 0.5) is 0 Å². The number of amides is 1. The van der Waals surface area contributed by atoms with Crippen LogP contribution in [0.1, 0.15) is 36.8 Å². The minimum atomic E-state index is -0.0306. The molecule has 1 aromatic heterocycles. The molecule has 0 saturated carbocycles. The van der Waals surface area contributed by atoms with Gasteiger partial charge in [0.25, 0.3) is 0 Å². The highest BCUT2D eigenvalue weighted by atomic mass is 16.5. The van der Waals surface area contributed by atoms with Crippen molar-refractivity contribution in [3.8, 4) is 22.9 Å². The van der Waals surface area contributed by atoms with E-state index in [0.717, 1.165) is 30.2 Å². The Morgan fingerprint density at radius 2 is 1.67 bits per heavy atom. The maximum atomic E-state index is 12.6. The first-order chi connectivity index (χ1) is 16.2. The number of nitrogens with zero attached hydrogens (tertiary/aromatic N) is 3. The van der Waals surface area contributed by atoms with Crippen molar-refractivity contribution in [3.05, 3.63) is 60.0 Å². The Morgan fingerprint density at radius 3 is 2.30 bits per heavy atom. The molecule has 3 aromatic rings. The van der Waals surface area contributed by atoms with Gasteiger partial charge in [-0.3, -0.25) is 9.69 Å². The van der Waals surface area contributed by atoms with E-state index in [0.29, 0.717) is 31.1 Å². The van der Waals surface area contributed by atoms with Crippen LogP contribution in [0.3, 0.4) is 0 Å². The number of aryl methyl sites for hydroxylation is 1. The van der Waals surface area contributed by atoms with Crippen molar-refractivity contribution in [2.24, 2.45) is 0 Å². The molecule has 1 atom stereocenters. The van der Waals surface area contributed by atoms with Gasteiger partial charge in [-0.05, 0) is 67.9 Å². The predicted octanol–water partition coefficient (Wildman–Crippen LogP) is 3.64. The third-order valence-corrected chi connectivity index (χ3v) is 5.96. The molecule has 0 bridgehead atoms. The van der Waals surface area contributed by atoms with E-state index in [9.17, 15) is 4.79 Å². The number of rotatable bonds is 10. The summed E-state index contributed by atoms with van der Waals surface area (Å²) in [5, 5.41) is 7.12. The smallest absolute Gasteiger partial charge is 0.227 e. The van der Waals surface area contributed by atoms with Gasteiger partial charge in [0.05, 0.1) is 20.3 Å². The van der Waals surface area contributed by atoms with Gasteiger partial charge >= 0.3 is 0 Å². The average molecular weight is 451 g/mol. The summed E-state index contributed by atoms with van der Waals surface area (Å²) in [6.07, 6.45) is 3.06. The molecule has 1 N–H and O–H groups in total. The summed E-state index contributed by atoms with van der Waals surface area (Å²) < 4.78 is 15.8. The summed E-state index contributed by atoms with van der Waals surface area (Å²) in [5.41, 5.74) is 2.02. The summed E-state index contributed by atoms with van der Waals surface area (Å²) >= 11 is 0. The molecule has 8 nitrogen and oxygen atoms in total. The zero-order chi connectivity index (χ0) is 23.0. The lowest BCUT2D eigenvalue weighted by atomic mass is 10.1. The van der Waals surface area contributed by atoms with Gasteiger partial charge in [0.15, 0.2) is 0 Å². The highest BCUT2D eigenvalue weighted by Gasteiger charge is 2.24. The fourth-order valence-corrected chi connectivity index (χ4v) is 4.07. The summed E-state index contributed by atoms with van der Waals surface area (Å²) in [6, 6.07) is 15.7. The average Bonchev–Trinajstić information content (AvgIpc) is 3.56. The fourth-order valence-electron chi connectivity index (χ4n) is 4.07. The van der Waals surface area contributed by atoms with Crippen LogP contribution >= 0.6 is 0 Å². The Bertz CT molecular complexity index is 1030. The number of hydrogen-bond acceptors (Lipinski definition) is 7. The minimum absolute atomic E-state index is 0.0306.